The fourth-order valence-corrected chi connectivity index (χ4v) is 5.67. The summed E-state index contributed by atoms with van der Waals surface area (Å²) in [4.78, 5) is 52.5. The predicted molar refractivity (Wildman–Crippen MR) is 156 cm³/mol. The SMILES string of the molecule is O=C(CCCN1C(=O)C(c2ccccc2)Oc2cccnc21)N1CCc2c(nc3cc(-c4ccccc4)[nH]n3c2=O)C1. The van der Waals surface area contributed by atoms with E-state index in [2.05, 4.69) is 10.1 Å². The van der Waals surface area contributed by atoms with Crippen molar-refractivity contribution in [3.8, 4) is 17.0 Å². The average Bonchev–Trinajstić information content (AvgIpc) is 3.47. The van der Waals surface area contributed by atoms with E-state index in [1.807, 2.05) is 66.7 Å². The van der Waals surface area contributed by atoms with Crippen LogP contribution in [0.3, 0.4) is 0 Å². The zero-order valence-corrected chi connectivity index (χ0v) is 22.8. The maximum absolute atomic E-state index is 13.5. The lowest BCUT2D eigenvalue weighted by Gasteiger charge is -2.33. The topological polar surface area (TPSA) is 113 Å². The minimum absolute atomic E-state index is 0.0387. The van der Waals surface area contributed by atoms with Gasteiger partial charge < -0.3 is 9.64 Å². The molecule has 0 radical (unpaired) electrons. The van der Waals surface area contributed by atoms with Gasteiger partial charge in [0, 0.05) is 42.9 Å². The number of fused-ring (bicyclic) bond motifs is 3. The van der Waals surface area contributed by atoms with E-state index in [0.717, 1.165) is 16.8 Å². The third-order valence-corrected chi connectivity index (χ3v) is 7.82. The fraction of sp³-hybridized carbons (Fsp3) is 0.219. The molecule has 1 unspecified atom stereocenters. The number of ether oxygens (including phenoxy) is 1. The van der Waals surface area contributed by atoms with E-state index >= 15 is 0 Å². The highest BCUT2D eigenvalue weighted by Gasteiger charge is 2.36. The summed E-state index contributed by atoms with van der Waals surface area (Å²) in [5, 5.41) is 3.16. The Labute approximate surface area is 241 Å². The van der Waals surface area contributed by atoms with Crippen molar-refractivity contribution in [3.63, 3.8) is 0 Å². The number of pyridine rings is 1. The first-order valence-electron chi connectivity index (χ1n) is 14.0. The van der Waals surface area contributed by atoms with Crippen LogP contribution in [0, 0.1) is 0 Å². The molecule has 3 aromatic heterocycles. The minimum atomic E-state index is -0.768. The summed E-state index contributed by atoms with van der Waals surface area (Å²) >= 11 is 0. The Morgan fingerprint density at radius 1 is 1.00 bits per heavy atom. The lowest BCUT2D eigenvalue weighted by atomic mass is 10.1. The third kappa shape index (κ3) is 4.60. The Bertz CT molecular complexity index is 1850. The molecule has 0 fully saturated rings. The molecule has 1 atom stereocenters. The molecule has 210 valence electrons. The van der Waals surface area contributed by atoms with E-state index in [1.165, 1.54) is 4.52 Å². The van der Waals surface area contributed by atoms with Gasteiger partial charge in [0.2, 0.25) is 12.0 Å². The van der Waals surface area contributed by atoms with Gasteiger partial charge in [0.05, 0.1) is 17.9 Å². The van der Waals surface area contributed by atoms with Gasteiger partial charge in [0.1, 0.15) is 0 Å². The molecule has 0 saturated carbocycles. The standard InChI is InChI=1S/C32H28N6O4/c39-28(14-8-17-37-30-26(13-7-16-33-30)42-29(32(37)41)22-11-5-2-6-12-22)36-18-15-23-25(20-36)34-27-19-24(35-38(27)31(23)40)21-9-3-1-4-10-21/h1-7,9-13,16,19,29,35H,8,14-15,17-18,20H2. The van der Waals surface area contributed by atoms with Gasteiger partial charge in [0.15, 0.2) is 17.2 Å². The Hall–Kier alpha value is -5.25. The van der Waals surface area contributed by atoms with Crippen LogP contribution < -0.4 is 15.2 Å². The third-order valence-electron chi connectivity index (χ3n) is 7.82. The van der Waals surface area contributed by atoms with Crippen LogP contribution in [0.4, 0.5) is 5.82 Å². The quantitative estimate of drug-likeness (QED) is 0.337. The van der Waals surface area contributed by atoms with E-state index in [-0.39, 0.29) is 30.3 Å². The molecule has 2 aliphatic heterocycles. The van der Waals surface area contributed by atoms with Crippen LogP contribution >= 0.6 is 0 Å². The number of aromatic amines is 1. The van der Waals surface area contributed by atoms with Crippen molar-refractivity contribution in [1.82, 2.24) is 24.5 Å². The number of hydrogen-bond acceptors (Lipinski definition) is 6. The molecule has 7 rings (SSSR count). The number of rotatable bonds is 6. The first-order chi connectivity index (χ1) is 20.6. The van der Waals surface area contributed by atoms with Gasteiger partial charge >= 0.3 is 0 Å². The number of nitrogens with zero attached hydrogens (tertiary/aromatic N) is 5. The summed E-state index contributed by atoms with van der Waals surface area (Å²) < 4.78 is 7.50. The summed E-state index contributed by atoms with van der Waals surface area (Å²) in [5.41, 5.74) is 4.19. The van der Waals surface area contributed by atoms with Crippen molar-refractivity contribution < 1.29 is 14.3 Å². The number of nitrogens with one attached hydrogen (secondary N) is 1. The van der Waals surface area contributed by atoms with Gasteiger partial charge in [-0.3, -0.25) is 24.4 Å². The van der Waals surface area contributed by atoms with Crippen LogP contribution in [-0.2, 0) is 22.6 Å². The molecule has 10 nitrogen and oxygen atoms in total. The lowest BCUT2D eigenvalue weighted by Crippen LogP contribution is -2.43. The van der Waals surface area contributed by atoms with Crippen LogP contribution in [0.25, 0.3) is 16.9 Å². The van der Waals surface area contributed by atoms with Crippen LogP contribution in [0.2, 0.25) is 0 Å². The Balaban J connectivity index is 1.05. The van der Waals surface area contributed by atoms with Crippen molar-refractivity contribution in [3.05, 3.63) is 112 Å². The monoisotopic (exact) mass is 560 g/mol. The van der Waals surface area contributed by atoms with E-state index in [9.17, 15) is 14.4 Å². The minimum Gasteiger partial charge on any atom is -0.472 e. The average molecular weight is 561 g/mol. The van der Waals surface area contributed by atoms with E-state index < -0.39 is 6.10 Å². The molecule has 2 amide bonds. The molecule has 0 spiro atoms. The van der Waals surface area contributed by atoms with Crippen molar-refractivity contribution in [2.45, 2.75) is 31.9 Å². The number of amides is 2. The van der Waals surface area contributed by atoms with Gasteiger partial charge in [-0.1, -0.05) is 60.7 Å². The Kier molecular flexibility index (Phi) is 6.50. The number of H-pyrrole nitrogens is 1. The number of carbonyl (C=O) groups is 2. The lowest BCUT2D eigenvalue weighted by molar-refractivity contribution is -0.132. The first kappa shape index (κ1) is 25.7. The molecular weight excluding hydrogens is 532 g/mol. The largest absolute Gasteiger partial charge is 0.472 e. The molecule has 2 aliphatic rings. The number of benzene rings is 2. The molecule has 42 heavy (non-hydrogen) atoms. The fourth-order valence-electron chi connectivity index (χ4n) is 5.67. The highest BCUT2D eigenvalue weighted by molar-refractivity contribution is 5.99. The second-order valence-electron chi connectivity index (χ2n) is 10.5. The van der Waals surface area contributed by atoms with Gasteiger partial charge in [-0.2, -0.15) is 0 Å². The van der Waals surface area contributed by atoms with E-state index in [4.69, 9.17) is 9.72 Å². The summed E-state index contributed by atoms with van der Waals surface area (Å²) in [6.45, 7) is 1.05. The number of aromatic nitrogens is 4. The van der Waals surface area contributed by atoms with E-state index in [1.54, 1.807) is 28.1 Å². The number of carbonyl (C=O) groups excluding carboxylic acids is 2. The highest BCUT2D eigenvalue weighted by Crippen LogP contribution is 2.37. The Morgan fingerprint density at radius 2 is 1.79 bits per heavy atom. The molecule has 1 N–H and O–H groups in total. The maximum Gasteiger partial charge on any atom is 0.276 e. The van der Waals surface area contributed by atoms with Crippen LogP contribution in [-0.4, -0.2) is 49.4 Å². The zero-order valence-electron chi connectivity index (χ0n) is 22.8. The molecule has 10 heteroatoms. The summed E-state index contributed by atoms with van der Waals surface area (Å²) in [5.74, 6) is 0.753. The second kappa shape index (κ2) is 10.6. The summed E-state index contributed by atoms with van der Waals surface area (Å²) in [6.07, 6.45) is 2.00. The van der Waals surface area contributed by atoms with Gasteiger partial charge in [0.25, 0.3) is 11.5 Å². The molecular formula is C32H28N6O4. The highest BCUT2D eigenvalue weighted by atomic mass is 16.5. The van der Waals surface area contributed by atoms with Crippen molar-refractivity contribution in [2.75, 3.05) is 18.0 Å². The number of hydrogen-bond donors (Lipinski definition) is 1. The molecule has 5 heterocycles. The normalized spacial score (nSPS) is 16.2. The van der Waals surface area contributed by atoms with Crippen molar-refractivity contribution in [1.29, 1.82) is 0 Å². The molecule has 5 aromatic rings. The van der Waals surface area contributed by atoms with Crippen LogP contribution in [0.1, 0.15) is 35.8 Å². The van der Waals surface area contributed by atoms with E-state index in [0.29, 0.717) is 54.4 Å². The zero-order chi connectivity index (χ0) is 28.6. The predicted octanol–water partition coefficient (Wildman–Crippen LogP) is 3.92. The molecule has 0 saturated heterocycles. The summed E-state index contributed by atoms with van der Waals surface area (Å²) in [7, 11) is 0. The van der Waals surface area contributed by atoms with Gasteiger partial charge in [-0.15, -0.1) is 0 Å². The maximum atomic E-state index is 13.5. The van der Waals surface area contributed by atoms with Crippen molar-refractivity contribution in [2.24, 2.45) is 0 Å². The first-order valence-corrected chi connectivity index (χ1v) is 14.0. The molecule has 0 bridgehead atoms. The van der Waals surface area contributed by atoms with Gasteiger partial charge in [-0.25, -0.2) is 14.5 Å². The van der Waals surface area contributed by atoms with Crippen molar-refractivity contribution >= 4 is 23.3 Å². The smallest absolute Gasteiger partial charge is 0.276 e. The second-order valence-corrected chi connectivity index (χ2v) is 10.5. The molecule has 2 aromatic carbocycles. The molecule has 0 aliphatic carbocycles. The van der Waals surface area contributed by atoms with Crippen LogP contribution in [0.15, 0.2) is 89.9 Å². The Morgan fingerprint density at radius 3 is 2.60 bits per heavy atom. The number of anilines is 1. The van der Waals surface area contributed by atoms with Crippen LogP contribution in [0.5, 0.6) is 5.75 Å². The summed E-state index contributed by atoms with van der Waals surface area (Å²) in [6, 6.07) is 24.6. The van der Waals surface area contributed by atoms with Gasteiger partial charge in [-0.05, 0) is 30.5 Å².